The molecule has 0 spiro atoms. The van der Waals surface area contributed by atoms with E-state index in [1.165, 1.54) is 11.1 Å². The van der Waals surface area contributed by atoms with Crippen LogP contribution in [0.3, 0.4) is 0 Å². The number of aromatic nitrogens is 1. The van der Waals surface area contributed by atoms with E-state index < -0.39 is 0 Å². The maximum Gasteiger partial charge on any atom is 0.251 e. The molecule has 1 saturated heterocycles. The summed E-state index contributed by atoms with van der Waals surface area (Å²) in [6.07, 6.45) is 4.50. The first-order chi connectivity index (χ1) is 12.2. The Labute approximate surface area is 149 Å². The van der Waals surface area contributed by atoms with E-state index in [1.807, 2.05) is 0 Å². The van der Waals surface area contributed by atoms with E-state index in [-0.39, 0.29) is 11.9 Å². The van der Waals surface area contributed by atoms with Crippen LogP contribution >= 0.6 is 0 Å². The fraction of sp³-hybridized carbons (Fsp3) is 0.429. The molecule has 2 aliphatic rings. The number of rotatable bonds is 4. The summed E-state index contributed by atoms with van der Waals surface area (Å²) < 4.78 is 0. The molecule has 1 aromatic heterocycles. The minimum absolute atomic E-state index is 0.00940. The molecule has 0 bridgehead atoms. The Kier molecular flexibility index (Phi) is 4.30. The van der Waals surface area contributed by atoms with Gasteiger partial charge in [0.05, 0.1) is 6.04 Å². The normalized spacial score (nSPS) is 26.1. The Hall–Kier alpha value is -2.20. The molecule has 4 heteroatoms. The zero-order valence-corrected chi connectivity index (χ0v) is 14.9. The summed E-state index contributed by atoms with van der Waals surface area (Å²) >= 11 is 0. The molecule has 0 radical (unpaired) electrons. The molecule has 1 aromatic carbocycles. The Morgan fingerprint density at radius 2 is 1.92 bits per heavy atom. The summed E-state index contributed by atoms with van der Waals surface area (Å²) in [7, 11) is 0. The summed E-state index contributed by atoms with van der Waals surface area (Å²) in [6, 6.07) is 12.9. The fourth-order valence-electron chi connectivity index (χ4n) is 4.42. The van der Waals surface area contributed by atoms with Crippen LogP contribution in [-0.4, -0.2) is 34.9 Å². The Bertz CT molecular complexity index is 761. The lowest BCUT2D eigenvalue weighted by Crippen LogP contribution is -2.35. The average Bonchev–Trinajstić information content (AvgIpc) is 3.21. The van der Waals surface area contributed by atoms with Crippen molar-refractivity contribution in [2.45, 2.75) is 38.3 Å². The predicted molar refractivity (Wildman–Crippen MR) is 98.4 cm³/mol. The van der Waals surface area contributed by atoms with Gasteiger partial charge >= 0.3 is 0 Å². The largest absolute Gasteiger partial charge is 0.345 e. The topological polar surface area (TPSA) is 45.2 Å². The molecule has 130 valence electrons. The molecule has 25 heavy (non-hydrogen) atoms. The molecule has 0 saturated carbocycles. The van der Waals surface area contributed by atoms with Gasteiger partial charge in [-0.3, -0.25) is 14.7 Å². The molecule has 4 rings (SSSR count). The maximum atomic E-state index is 12.7. The number of nitrogens with zero attached hydrogens (tertiary/aromatic N) is 2. The van der Waals surface area contributed by atoms with E-state index in [9.17, 15) is 4.79 Å². The maximum absolute atomic E-state index is 12.7. The SMILES string of the molecule is CC[C@H](C)N1C[C@@H]2[C@H](NC(=O)c3ccncc3)c3ccccc3[C@@H]2C1. The predicted octanol–water partition coefficient (Wildman–Crippen LogP) is 3.38. The van der Waals surface area contributed by atoms with E-state index in [0.717, 1.165) is 19.5 Å². The van der Waals surface area contributed by atoms with Crippen LogP contribution in [0.15, 0.2) is 48.8 Å². The number of pyridine rings is 1. The van der Waals surface area contributed by atoms with Crippen molar-refractivity contribution < 1.29 is 4.79 Å². The summed E-state index contributed by atoms with van der Waals surface area (Å²) in [5, 5.41) is 3.31. The van der Waals surface area contributed by atoms with Crippen LogP contribution in [0.5, 0.6) is 0 Å². The van der Waals surface area contributed by atoms with E-state index in [4.69, 9.17) is 0 Å². The van der Waals surface area contributed by atoms with E-state index in [2.05, 4.69) is 53.3 Å². The van der Waals surface area contributed by atoms with Crippen LogP contribution in [0.1, 0.15) is 53.7 Å². The molecule has 4 nitrogen and oxygen atoms in total. The molecular weight excluding hydrogens is 310 g/mol. The quantitative estimate of drug-likeness (QED) is 0.932. The number of carbonyl (C=O) groups excluding carboxylic acids is 1. The zero-order chi connectivity index (χ0) is 17.4. The van der Waals surface area contributed by atoms with Gasteiger partial charge < -0.3 is 5.32 Å². The molecule has 1 fully saturated rings. The second kappa shape index (κ2) is 6.60. The molecule has 1 aliphatic heterocycles. The van der Waals surface area contributed by atoms with Gasteiger partial charge in [0.1, 0.15) is 0 Å². The van der Waals surface area contributed by atoms with Crippen LogP contribution in [-0.2, 0) is 0 Å². The zero-order valence-electron chi connectivity index (χ0n) is 14.9. The standard InChI is InChI=1S/C21H25N3O/c1-3-14(2)24-12-18-16-6-4-5-7-17(16)20(19(18)13-24)23-21(25)15-8-10-22-11-9-15/h4-11,14,18-20H,3,12-13H2,1-2H3,(H,23,25)/t14-,18-,19-,20+/m0/s1. The van der Waals surface area contributed by atoms with E-state index >= 15 is 0 Å². The van der Waals surface area contributed by atoms with Gasteiger partial charge in [-0.25, -0.2) is 0 Å². The minimum Gasteiger partial charge on any atom is -0.345 e. The monoisotopic (exact) mass is 335 g/mol. The van der Waals surface area contributed by atoms with Gasteiger partial charge in [-0.05, 0) is 36.6 Å². The van der Waals surface area contributed by atoms with Gasteiger partial charge in [-0.15, -0.1) is 0 Å². The summed E-state index contributed by atoms with van der Waals surface area (Å²) in [4.78, 5) is 19.3. The van der Waals surface area contributed by atoms with Crippen LogP contribution in [0.2, 0.25) is 0 Å². The number of nitrogens with one attached hydrogen (secondary N) is 1. The third-order valence-corrected chi connectivity index (χ3v) is 6.00. The first kappa shape index (κ1) is 16.3. The summed E-state index contributed by atoms with van der Waals surface area (Å²) in [5.41, 5.74) is 3.38. The highest BCUT2D eigenvalue weighted by atomic mass is 16.1. The Morgan fingerprint density at radius 1 is 1.20 bits per heavy atom. The number of amides is 1. The van der Waals surface area contributed by atoms with Crippen molar-refractivity contribution in [1.29, 1.82) is 0 Å². The fourth-order valence-corrected chi connectivity index (χ4v) is 4.42. The first-order valence-corrected chi connectivity index (χ1v) is 9.22. The number of carbonyl (C=O) groups is 1. The lowest BCUT2D eigenvalue weighted by molar-refractivity contribution is 0.0923. The van der Waals surface area contributed by atoms with Crippen molar-refractivity contribution in [3.05, 3.63) is 65.5 Å². The number of hydrogen-bond acceptors (Lipinski definition) is 3. The van der Waals surface area contributed by atoms with Gasteiger partial charge in [0.2, 0.25) is 0 Å². The van der Waals surface area contributed by atoms with Gasteiger partial charge in [0.15, 0.2) is 0 Å². The highest BCUT2D eigenvalue weighted by Gasteiger charge is 2.47. The number of hydrogen-bond donors (Lipinski definition) is 1. The smallest absolute Gasteiger partial charge is 0.251 e. The van der Waals surface area contributed by atoms with Crippen LogP contribution in [0, 0.1) is 5.92 Å². The van der Waals surface area contributed by atoms with Gasteiger partial charge in [0, 0.05) is 48.9 Å². The lowest BCUT2D eigenvalue weighted by atomic mass is 9.94. The molecule has 0 unspecified atom stereocenters. The third-order valence-electron chi connectivity index (χ3n) is 6.00. The van der Waals surface area contributed by atoms with Gasteiger partial charge in [-0.1, -0.05) is 31.2 Å². The molecule has 2 aromatic rings. The molecular formula is C21H25N3O. The van der Waals surface area contributed by atoms with Crippen molar-refractivity contribution >= 4 is 5.91 Å². The lowest BCUT2D eigenvalue weighted by Gasteiger charge is -2.26. The molecule has 1 N–H and O–H groups in total. The molecule has 2 heterocycles. The average molecular weight is 335 g/mol. The number of benzene rings is 1. The molecule has 4 atom stereocenters. The van der Waals surface area contributed by atoms with Crippen LogP contribution in [0.25, 0.3) is 0 Å². The van der Waals surface area contributed by atoms with Crippen molar-refractivity contribution in [2.75, 3.05) is 13.1 Å². The van der Waals surface area contributed by atoms with Gasteiger partial charge in [0.25, 0.3) is 5.91 Å². The highest BCUT2D eigenvalue weighted by molar-refractivity contribution is 5.94. The van der Waals surface area contributed by atoms with E-state index in [0.29, 0.717) is 23.4 Å². The summed E-state index contributed by atoms with van der Waals surface area (Å²) in [5.74, 6) is 0.968. The van der Waals surface area contributed by atoms with Gasteiger partial charge in [-0.2, -0.15) is 0 Å². The molecule has 1 aliphatic carbocycles. The Balaban J connectivity index is 1.61. The van der Waals surface area contributed by atoms with Crippen molar-refractivity contribution in [3.8, 4) is 0 Å². The highest BCUT2D eigenvalue weighted by Crippen LogP contribution is 2.49. The second-order valence-corrected chi connectivity index (χ2v) is 7.30. The van der Waals surface area contributed by atoms with E-state index in [1.54, 1.807) is 24.5 Å². The van der Waals surface area contributed by atoms with Crippen molar-refractivity contribution in [1.82, 2.24) is 15.2 Å². The first-order valence-electron chi connectivity index (χ1n) is 9.22. The Morgan fingerprint density at radius 3 is 2.64 bits per heavy atom. The minimum atomic E-state index is -0.00940. The number of likely N-dealkylation sites (tertiary alicyclic amines) is 1. The van der Waals surface area contributed by atoms with Crippen molar-refractivity contribution in [3.63, 3.8) is 0 Å². The number of fused-ring (bicyclic) bond motifs is 3. The summed E-state index contributed by atoms with van der Waals surface area (Å²) in [6.45, 7) is 6.70. The third kappa shape index (κ3) is 2.85. The second-order valence-electron chi connectivity index (χ2n) is 7.30. The van der Waals surface area contributed by atoms with Crippen LogP contribution in [0.4, 0.5) is 0 Å². The van der Waals surface area contributed by atoms with Crippen LogP contribution < -0.4 is 5.32 Å². The molecule has 1 amide bonds. The van der Waals surface area contributed by atoms with Crippen molar-refractivity contribution in [2.24, 2.45) is 5.92 Å².